The van der Waals surface area contributed by atoms with E-state index in [0.29, 0.717) is 0 Å². The second-order valence-electron chi connectivity index (χ2n) is 5.37. The normalized spacial score (nSPS) is 13.8. The van der Waals surface area contributed by atoms with Gasteiger partial charge in [-0.1, -0.05) is 26.8 Å². The van der Waals surface area contributed by atoms with Gasteiger partial charge in [0.05, 0.1) is 6.04 Å². The van der Waals surface area contributed by atoms with E-state index in [2.05, 4.69) is 24.1 Å². The molecule has 0 radical (unpaired) electrons. The van der Waals surface area contributed by atoms with E-state index in [9.17, 15) is 8.78 Å². The summed E-state index contributed by atoms with van der Waals surface area (Å²) in [6, 6.07) is 4.16. The standard InChI is InChI=1S/C16H26F2N2/c1-6-16(7-2,20(4)5)15(19-8-3)12-9-10-13(17)14(18)11-12/h9-11,15,19H,6-8H2,1-5H3. The summed E-state index contributed by atoms with van der Waals surface area (Å²) in [7, 11) is 4.08. The van der Waals surface area contributed by atoms with Crippen molar-refractivity contribution in [2.75, 3.05) is 20.6 Å². The zero-order valence-corrected chi connectivity index (χ0v) is 13.1. The van der Waals surface area contributed by atoms with Crippen LogP contribution in [0.1, 0.15) is 45.2 Å². The van der Waals surface area contributed by atoms with Crippen molar-refractivity contribution in [1.82, 2.24) is 10.2 Å². The summed E-state index contributed by atoms with van der Waals surface area (Å²) in [5, 5.41) is 3.44. The molecule has 0 spiro atoms. The molecular formula is C16H26F2N2. The highest BCUT2D eigenvalue weighted by atomic mass is 19.2. The van der Waals surface area contributed by atoms with Crippen molar-refractivity contribution in [3.05, 3.63) is 35.4 Å². The van der Waals surface area contributed by atoms with E-state index in [1.165, 1.54) is 12.1 Å². The topological polar surface area (TPSA) is 15.3 Å². The smallest absolute Gasteiger partial charge is 0.159 e. The number of nitrogens with one attached hydrogen (secondary N) is 1. The van der Waals surface area contributed by atoms with Crippen LogP contribution < -0.4 is 5.32 Å². The molecule has 20 heavy (non-hydrogen) atoms. The Bertz CT molecular complexity index is 428. The number of likely N-dealkylation sites (N-methyl/N-ethyl adjacent to an activating group) is 2. The quantitative estimate of drug-likeness (QED) is 0.820. The molecule has 0 heterocycles. The fourth-order valence-corrected chi connectivity index (χ4v) is 3.06. The summed E-state index contributed by atoms with van der Waals surface area (Å²) in [6.45, 7) is 7.07. The lowest BCUT2D eigenvalue weighted by Crippen LogP contribution is -2.53. The molecule has 4 heteroatoms. The Hall–Kier alpha value is -1.00. The SMILES string of the molecule is CCNC(c1ccc(F)c(F)c1)C(CC)(CC)N(C)C. The zero-order valence-electron chi connectivity index (χ0n) is 13.1. The number of nitrogens with zero attached hydrogens (tertiary/aromatic N) is 1. The van der Waals surface area contributed by atoms with Gasteiger partial charge in [-0.2, -0.15) is 0 Å². The molecular weight excluding hydrogens is 258 g/mol. The van der Waals surface area contributed by atoms with Crippen molar-refractivity contribution in [2.24, 2.45) is 0 Å². The molecule has 114 valence electrons. The van der Waals surface area contributed by atoms with Crippen LogP contribution in [-0.4, -0.2) is 31.1 Å². The molecule has 1 rings (SSSR count). The second-order valence-corrected chi connectivity index (χ2v) is 5.37. The molecule has 1 unspecified atom stereocenters. The third-order valence-corrected chi connectivity index (χ3v) is 4.34. The molecule has 0 bridgehead atoms. The highest BCUT2D eigenvalue weighted by molar-refractivity contribution is 5.25. The van der Waals surface area contributed by atoms with Gasteiger partial charge in [-0.3, -0.25) is 0 Å². The molecule has 0 saturated heterocycles. The average Bonchev–Trinajstić information content (AvgIpc) is 2.42. The Morgan fingerprint density at radius 1 is 1.10 bits per heavy atom. The van der Waals surface area contributed by atoms with Crippen molar-refractivity contribution < 1.29 is 8.78 Å². The van der Waals surface area contributed by atoms with Crippen molar-refractivity contribution in [1.29, 1.82) is 0 Å². The first-order valence-electron chi connectivity index (χ1n) is 7.28. The molecule has 1 aromatic carbocycles. The van der Waals surface area contributed by atoms with E-state index in [4.69, 9.17) is 0 Å². The average molecular weight is 284 g/mol. The molecule has 1 N–H and O–H groups in total. The van der Waals surface area contributed by atoms with Crippen LogP contribution in [0.4, 0.5) is 8.78 Å². The van der Waals surface area contributed by atoms with Crippen molar-refractivity contribution >= 4 is 0 Å². The fourth-order valence-electron chi connectivity index (χ4n) is 3.06. The van der Waals surface area contributed by atoms with Crippen LogP contribution >= 0.6 is 0 Å². The van der Waals surface area contributed by atoms with Gasteiger partial charge >= 0.3 is 0 Å². The predicted molar refractivity (Wildman–Crippen MR) is 79.8 cm³/mol. The van der Waals surface area contributed by atoms with E-state index in [1.807, 2.05) is 21.0 Å². The van der Waals surface area contributed by atoms with Crippen LogP contribution in [0.2, 0.25) is 0 Å². The van der Waals surface area contributed by atoms with Gasteiger partial charge in [0.25, 0.3) is 0 Å². The lowest BCUT2D eigenvalue weighted by atomic mass is 9.79. The van der Waals surface area contributed by atoms with Gasteiger partial charge in [0.1, 0.15) is 0 Å². The number of hydrogen-bond acceptors (Lipinski definition) is 2. The number of hydrogen-bond donors (Lipinski definition) is 1. The van der Waals surface area contributed by atoms with E-state index >= 15 is 0 Å². The Labute approximate surface area is 121 Å². The van der Waals surface area contributed by atoms with Gasteiger partial charge in [0, 0.05) is 5.54 Å². The van der Waals surface area contributed by atoms with Gasteiger partial charge in [-0.05, 0) is 51.2 Å². The summed E-state index contributed by atoms with van der Waals surface area (Å²) in [5.41, 5.74) is 0.670. The summed E-state index contributed by atoms with van der Waals surface area (Å²) in [6.07, 6.45) is 1.85. The molecule has 0 saturated carbocycles. The Morgan fingerprint density at radius 2 is 1.70 bits per heavy atom. The molecule has 1 atom stereocenters. The second kappa shape index (κ2) is 7.14. The molecule has 0 aliphatic carbocycles. The first kappa shape index (κ1) is 17.1. The minimum Gasteiger partial charge on any atom is -0.309 e. The van der Waals surface area contributed by atoms with E-state index in [0.717, 1.165) is 24.9 Å². The maximum atomic E-state index is 13.6. The van der Waals surface area contributed by atoms with Crippen LogP contribution in [0, 0.1) is 11.6 Å². The predicted octanol–water partition coefficient (Wildman–Crippen LogP) is 3.74. The molecule has 0 amide bonds. The molecule has 0 aromatic heterocycles. The minimum atomic E-state index is -0.799. The van der Waals surface area contributed by atoms with Crippen molar-refractivity contribution in [3.8, 4) is 0 Å². The van der Waals surface area contributed by atoms with Gasteiger partial charge in [-0.15, -0.1) is 0 Å². The monoisotopic (exact) mass is 284 g/mol. The highest BCUT2D eigenvalue weighted by Gasteiger charge is 2.38. The summed E-state index contributed by atoms with van der Waals surface area (Å²) >= 11 is 0. The van der Waals surface area contributed by atoms with Crippen molar-refractivity contribution in [2.45, 2.75) is 45.2 Å². The zero-order chi connectivity index (χ0) is 15.3. The minimum absolute atomic E-state index is 0.0346. The summed E-state index contributed by atoms with van der Waals surface area (Å²) < 4.78 is 26.7. The maximum absolute atomic E-state index is 13.6. The van der Waals surface area contributed by atoms with Gasteiger partial charge in [0.2, 0.25) is 0 Å². The van der Waals surface area contributed by atoms with Crippen molar-refractivity contribution in [3.63, 3.8) is 0 Å². The first-order valence-corrected chi connectivity index (χ1v) is 7.28. The maximum Gasteiger partial charge on any atom is 0.159 e. The summed E-state index contributed by atoms with van der Waals surface area (Å²) in [5.74, 6) is -1.59. The molecule has 1 aromatic rings. The van der Waals surface area contributed by atoms with Crippen LogP contribution in [0.15, 0.2) is 18.2 Å². The Balaban J connectivity index is 3.30. The van der Waals surface area contributed by atoms with E-state index in [1.54, 1.807) is 6.07 Å². The first-order chi connectivity index (χ1) is 9.42. The van der Waals surface area contributed by atoms with Gasteiger partial charge < -0.3 is 10.2 Å². The Kier molecular flexibility index (Phi) is 6.08. The molecule has 0 aliphatic rings. The summed E-state index contributed by atoms with van der Waals surface area (Å²) in [4.78, 5) is 2.18. The highest BCUT2D eigenvalue weighted by Crippen LogP contribution is 2.36. The van der Waals surface area contributed by atoms with Crippen LogP contribution in [0.25, 0.3) is 0 Å². The molecule has 0 fully saturated rings. The largest absolute Gasteiger partial charge is 0.309 e. The van der Waals surface area contributed by atoms with Crippen LogP contribution in [0.3, 0.4) is 0 Å². The lowest BCUT2D eigenvalue weighted by Gasteiger charge is -2.45. The fraction of sp³-hybridized carbons (Fsp3) is 0.625. The molecule has 0 aliphatic heterocycles. The molecule has 2 nitrogen and oxygen atoms in total. The Morgan fingerprint density at radius 3 is 2.10 bits per heavy atom. The van der Waals surface area contributed by atoms with E-state index in [-0.39, 0.29) is 11.6 Å². The van der Waals surface area contributed by atoms with E-state index < -0.39 is 11.6 Å². The third kappa shape index (κ3) is 3.18. The van der Waals surface area contributed by atoms with Gasteiger partial charge in [0.15, 0.2) is 11.6 Å². The van der Waals surface area contributed by atoms with Gasteiger partial charge in [-0.25, -0.2) is 8.78 Å². The number of halogens is 2. The van der Waals surface area contributed by atoms with Crippen LogP contribution in [-0.2, 0) is 0 Å². The third-order valence-electron chi connectivity index (χ3n) is 4.34. The van der Waals surface area contributed by atoms with Crippen LogP contribution in [0.5, 0.6) is 0 Å². The lowest BCUT2D eigenvalue weighted by molar-refractivity contribution is 0.0887. The number of benzene rings is 1. The number of rotatable bonds is 7.